The average Bonchev–Trinajstić information content (AvgIpc) is 3.38. The van der Waals surface area contributed by atoms with Crippen LogP contribution in [0.3, 0.4) is 0 Å². The molecule has 3 rings (SSSR count). The van der Waals surface area contributed by atoms with Gasteiger partial charge < -0.3 is 14.5 Å². The largest absolute Gasteiger partial charge is 0.497 e. The van der Waals surface area contributed by atoms with Crippen LogP contribution in [-0.2, 0) is 16.1 Å². The standard InChI is InChI=1S/C19H26N2O3/c1-13(15-6-7-15)20(2)19(23)16-10-18(22)21(12-16)11-14-4-8-17(24-3)9-5-14/h4-5,8-9,13,15-16H,6-7,10-12H2,1-3H3/t13-,16+/m0/s1. The molecule has 1 saturated carbocycles. The lowest BCUT2D eigenvalue weighted by Crippen LogP contribution is -2.41. The summed E-state index contributed by atoms with van der Waals surface area (Å²) in [6.45, 7) is 3.18. The molecule has 0 N–H and O–H groups in total. The van der Waals surface area contributed by atoms with Crippen LogP contribution in [0.5, 0.6) is 5.75 Å². The Hall–Kier alpha value is -2.04. The van der Waals surface area contributed by atoms with Crippen LogP contribution in [0.25, 0.3) is 0 Å². The number of hydrogen-bond acceptors (Lipinski definition) is 3. The normalized spacial score (nSPS) is 21.7. The number of hydrogen-bond donors (Lipinski definition) is 0. The van der Waals surface area contributed by atoms with E-state index in [1.54, 1.807) is 12.0 Å². The van der Waals surface area contributed by atoms with E-state index < -0.39 is 0 Å². The molecular weight excluding hydrogens is 304 g/mol. The number of amides is 2. The zero-order chi connectivity index (χ0) is 17.3. The molecular formula is C19H26N2O3. The lowest BCUT2D eigenvalue weighted by atomic mass is 10.1. The third-order valence-corrected chi connectivity index (χ3v) is 5.36. The van der Waals surface area contributed by atoms with Crippen LogP contribution in [0.15, 0.2) is 24.3 Å². The third kappa shape index (κ3) is 3.55. The predicted molar refractivity (Wildman–Crippen MR) is 91.5 cm³/mol. The molecule has 0 bridgehead atoms. The van der Waals surface area contributed by atoms with Gasteiger partial charge in [-0.15, -0.1) is 0 Å². The lowest BCUT2D eigenvalue weighted by Gasteiger charge is -2.27. The van der Waals surface area contributed by atoms with Gasteiger partial charge in [0, 0.05) is 32.6 Å². The Morgan fingerprint density at radius 3 is 2.58 bits per heavy atom. The Balaban J connectivity index is 1.59. The lowest BCUT2D eigenvalue weighted by molar-refractivity contribution is -0.136. The summed E-state index contributed by atoms with van der Waals surface area (Å²) in [5, 5.41) is 0. The number of nitrogens with zero attached hydrogens (tertiary/aromatic N) is 2. The highest BCUT2D eigenvalue weighted by Crippen LogP contribution is 2.35. The molecule has 1 heterocycles. The van der Waals surface area contributed by atoms with Crippen LogP contribution in [0.4, 0.5) is 0 Å². The highest BCUT2D eigenvalue weighted by molar-refractivity contribution is 5.89. The maximum absolute atomic E-state index is 12.7. The molecule has 0 aromatic heterocycles. The Morgan fingerprint density at radius 2 is 2.00 bits per heavy atom. The van der Waals surface area contributed by atoms with Crippen molar-refractivity contribution in [1.82, 2.24) is 9.80 Å². The van der Waals surface area contributed by atoms with Crippen molar-refractivity contribution in [1.29, 1.82) is 0 Å². The topological polar surface area (TPSA) is 49.9 Å². The van der Waals surface area contributed by atoms with Crippen molar-refractivity contribution < 1.29 is 14.3 Å². The van der Waals surface area contributed by atoms with Gasteiger partial charge in [0.2, 0.25) is 11.8 Å². The fraction of sp³-hybridized carbons (Fsp3) is 0.579. The Labute approximate surface area is 143 Å². The van der Waals surface area contributed by atoms with Gasteiger partial charge in [-0.1, -0.05) is 12.1 Å². The van der Waals surface area contributed by atoms with E-state index >= 15 is 0 Å². The van der Waals surface area contributed by atoms with Crippen LogP contribution < -0.4 is 4.74 Å². The molecule has 2 fully saturated rings. The monoisotopic (exact) mass is 330 g/mol. The van der Waals surface area contributed by atoms with E-state index in [4.69, 9.17) is 4.74 Å². The first-order valence-electron chi connectivity index (χ1n) is 8.67. The fourth-order valence-corrected chi connectivity index (χ4v) is 3.43. The van der Waals surface area contributed by atoms with Crippen LogP contribution in [0.2, 0.25) is 0 Å². The second-order valence-electron chi connectivity index (χ2n) is 7.05. The number of carbonyl (C=O) groups is 2. The molecule has 24 heavy (non-hydrogen) atoms. The van der Waals surface area contributed by atoms with Gasteiger partial charge in [-0.2, -0.15) is 0 Å². The number of carbonyl (C=O) groups excluding carboxylic acids is 2. The summed E-state index contributed by atoms with van der Waals surface area (Å²) in [7, 11) is 3.51. The summed E-state index contributed by atoms with van der Waals surface area (Å²) in [6.07, 6.45) is 2.76. The maximum Gasteiger partial charge on any atom is 0.227 e. The first-order chi connectivity index (χ1) is 11.5. The molecule has 130 valence electrons. The van der Waals surface area contributed by atoms with Crippen LogP contribution >= 0.6 is 0 Å². The predicted octanol–water partition coefficient (Wildman–Crippen LogP) is 2.30. The number of likely N-dealkylation sites (tertiary alicyclic amines) is 1. The molecule has 2 atom stereocenters. The van der Waals surface area contributed by atoms with E-state index in [1.807, 2.05) is 36.2 Å². The molecule has 5 nitrogen and oxygen atoms in total. The Kier molecular flexibility index (Phi) is 4.78. The quantitative estimate of drug-likeness (QED) is 0.804. The van der Waals surface area contributed by atoms with Crippen LogP contribution in [0, 0.1) is 11.8 Å². The summed E-state index contributed by atoms with van der Waals surface area (Å²) < 4.78 is 5.15. The second-order valence-corrected chi connectivity index (χ2v) is 7.05. The van der Waals surface area contributed by atoms with Crippen LogP contribution in [-0.4, -0.2) is 48.4 Å². The number of rotatable bonds is 6. The molecule has 1 aliphatic carbocycles. The van der Waals surface area contributed by atoms with Gasteiger partial charge >= 0.3 is 0 Å². The number of ether oxygens (including phenoxy) is 1. The van der Waals surface area contributed by atoms with E-state index in [9.17, 15) is 9.59 Å². The van der Waals surface area contributed by atoms with Crippen molar-refractivity contribution in [3.8, 4) is 5.75 Å². The Morgan fingerprint density at radius 1 is 1.33 bits per heavy atom. The van der Waals surface area contributed by atoms with Crippen LogP contribution in [0.1, 0.15) is 31.7 Å². The van der Waals surface area contributed by atoms with E-state index in [2.05, 4.69) is 6.92 Å². The molecule has 0 unspecified atom stereocenters. The van der Waals surface area contributed by atoms with E-state index in [1.165, 1.54) is 12.8 Å². The van der Waals surface area contributed by atoms with Gasteiger partial charge in [-0.3, -0.25) is 9.59 Å². The second kappa shape index (κ2) is 6.83. The first-order valence-corrected chi connectivity index (χ1v) is 8.67. The number of benzene rings is 1. The smallest absolute Gasteiger partial charge is 0.227 e. The zero-order valence-electron chi connectivity index (χ0n) is 14.7. The minimum Gasteiger partial charge on any atom is -0.497 e. The number of methoxy groups -OCH3 is 1. The average molecular weight is 330 g/mol. The van der Waals surface area contributed by atoms with Gasteiger partial charge in [-0.25, -0.2) is 0 Å². The molecule has 0 radical (unpaired) electrons. The molecule has 1 aliphatic heterocycles. The van der Waals surface area contributed by atoms with E-state index in [0.717, 1.165) is 11.3 Å². The van der Waals surface area contributed by atoms with E-state index in [0.29, 0.717) is 25.4 Å². The molecule has 5 heteroatoms. The molecule has 2 amide bonds. The fourth-order valence-electron chi connectivity index (χ4n) is 3.43. The van der Waals surface area contributed by atoms with Gasteiger partial charge in [0.15, 0.2) is 0 Å². The summed E-state index contributed by atoms with van der Waals surface area (Å²) in [5.41, 5.74) is 1.05. The van der Waals surface area contributed by atoms with Crippen molar-refractivity contribution in [3.05, 3.63) is 29.8 Å². The van der Waals surface area contributed by atoms with Crippen molar-refractivity contribution in [2.45, 2.75) is 38.8 Å². The minimum atomic E-state index is -0.207. The van der Waals surface area contributed by atoms with Crippen molar-refractivity contribution in [2.75, 3.05) is 20.7 Å². The molecule has 2 aliphatic rings. The summed E-state index contributed by atoms with van der Waals surface area (Å²) in [4.78, 5) is 28.6. The van der Waals surface area contributed by atoms with Crippen molar-refractivity contribution in [2.24, 2.45) is 11.8 Å². The molecule has 1 aromatic carbocycles. The molecule has 1 aromatic rings. The summed E-state index contributed by atoms with van der Waals surface area (Å²) >= 11 is 0. The molecule has 0 spiro atoms. The van der Waals surface area contributed by atoms with Crippen molar-refractivity contribution in [3.63, 3.8) is 0 Å². The zero-order valence-corrected chi connectivity index (χ0v) is 14.7. The van der Waals surface area contributed by atoms with E-state index in [-0.39, 0.29) is 23.8 Å². The maximum atomic E-state index is 12.7. The van der Waals surface area contributed by atoms with Gasteiger partial charge in [0.25, 0.3) is 0 Å². The minimum absolute atomic E-state index is 0.0663. The molecule has 1 saturated heterocycles. The van der Waals surface area contributed by atoms with Gasteiger partial charge in [-0.05, 0) is 43.4 Å². The summed E-state index contributed by atoms with van der Waals surface area (Å²) in [5.74, 6) is 1.42. The Bertz CT molecular complexity index is 610. The SMILES string of the molecule is COc1ccc(CN2C[C@H](C(=O)N(C)[C@@H](C)C3CC3)CC2=O)cc1. The third-order valence-electron chi connectivity index (χ3n) is 5.36. The van der Waals surface area contributed by atoms with Crippen molar-refractivity contribution >= 4 is 11.8 Å². The van der Waals surface area contributed by atoms with Gasteiger partial charge in [0.05, 0.1) is 13.0 Å². The summed E-state index contributed by atoms with van der Waals surface area (Å²) in [6, 6.07) is 7.99. The highest BCUT2D eigenvalue weighted by atomic mass is 16.5. The van der Waals surface area contributed by atoms with Gasteiger partial charge in [0.1, 0.15) is 5.75 Å². The highest BCUT2D eigenvalue weighted by Gasteiger charge is 2.39. The first kappa shape index (κ1) is 16.8.